The third-order valence-electron chi connectivity index (χ3n) is 3.08. The lowest BCUT2D eigenvalue weighted by Crippen LogP contribution is -2.20. The predicted octanol–water partition coefficient (Wildman–Crippen LogP) is 4.33. The number of nitrogens with one attached hydrogen (secondary N) is 2. The Morgan fingerprint density at radius 1 is 1.08 bits per heavy atom. The summed E-state index contributed by atoms with van der Waals surface area (Å²) in [4.78, 5) is 22.9. The molecule has 0 spiro atoms. The van der Waals surface area contributed by atoms with Crippen LogP contribution in [0.5, 0.6) is 5.75 Å². The van der Waals surface area contributed by atoms with Gasteiger partial charge in [0, 0.05) is 24.4 Å². The highest BCUT2D eigenvalue weighted by Gasteiger charge is 2.33. The van der Waals surface area contributed by atoms with Crippen LogP contribution in [-0.4, -0.2) is 18.4 Å². The van der Waals surface area contributed by atoms with Gasteiger partial charge in [-0.2, -0.15) is 13.2 Å². The first kappa shape index (κ1) is 19.6. The highest BCUT2D eigenvalue weighted by molar-refractivity contribution is 6.31. The minimum Gasteiger partial charge on any atom is -0.484 e. The molecule has 0 aromatic heterocycles. The van der Waals surface area contributed by atoms with Crippen LogP contribution in [0.25, 0.3) is 0 Å². The fraction of sp³-hybridized carbons (Fsp3) is 0.176. The summed E-state index contributed by atoms with van der Waals surface area (Å²) in [5, 5.41) is 4.41. The summed E-state index contributed by atoms with van der Waals surface area (Å²) in [6, 6.07) is 9.40. The molecule has 0 aliphatic carbocycles. The lowest BCUT2D eigenvalue weighted by Gasteiger charge is -2.12. The molecule has 2 N–H and O–H groups in total. The van der Waals surface area contributed by atoms with Crippen LogP contribution in [-0.2, 0) is 15.8 Å². The van der Waals surface area contributed by atoms with Crippen LogP contribution < -0.4 is 15.4 Å². The number of carbonyl (C=O) groups is 2. The van der Waals surface area contributed by atoms with Crippen LogP contribution >= 0.6 is 11.6 Å². The molecule has 26 heavy (non-hydrogen) atoms. The van der Waals surface area contributed by atoms with Crippen molar-refractivity contribution in [3.05, 3.63) is 53.1 Å². The number of halogens is 4. The second-order valence-corrected chi connectivity index (χ2v) is 5.65. The van der Waals surface area contributed by atoms with Gasteiger partial charge >= 0.3 is 6.18 Å². The average molecular weight is 387 g/mol. The molecule has 138 valence electrons. The summed E-state index contributed by atoms with van der Waals surface area (Å²) in [6.45, 7) is 0.926. The maximum Gasteiger partial charge on any atom is 0.417 e. The highest BCUT2D eigenvalue weighted by Crippen LogP contribution is 2.36. The number of rotatable bonds is 5. The molecule has 0 bridgehead atoms. The Hall–Kier alpha value is -2.74. The Morgan fingerprint density at radius 3 is 2.42 bits per heavy atom. The van der Waals surface area contributed by atoms with Crippen LogP contribution in [0, 0.1) is 0 Å². The molecule has 0 aliphatic rings. The third-order valence-corrected chi connectivity index (χ3v) is 3.41. The molecule has 0 unspecified atom stereocenters. The van der Waals surface area contributed by atoms with Crippen molar-refractivity contribution in [1.29, 1.82) is 0 Å². The molecule has 9 heteroatoms. The van der Waals surface area contributed by atoms with Gasteiger partial charge in [0.05, 0.1) is 10.6 Å². The van der Waals surface area contributed by atoms with E-state index in [4.69, 9.17) is 16.3 Å². The zero-order valence-corrected chi connectivity index (χ0v) is 14.2. The summed E-state index contributed by atoms with van der Waals surface area (Å²) in [5.74, 6) is -0.591. The van der Waals surface area contributed by atoms with Gasteiger partial charge in [-0.25, -0.2) is 0 Å². The van der Waals surface area contributed by atoms with Crippen molar-refractivity contribution in [2.75, 3.05) is 17.2 Å². The molecule has 0 saturated carbocycles. The Balaban J connectivity index is 1.98. The molecule has 2 rings (SSSR count). The maximum atomic E-state index is 12.8. The molecule has 2 aromatic carbocycles. The first-order valence-electron chi connectivity index (χ1n) is 7.32. The van der Waals surface area contributed by atoms with E-state index in [-0.39, 0.29) is 11.6 Å². The first-order valence-corrected chi connectivity index (χ1v) is 7.70. The zero-order valence-electron chi connectivity index (χ0n) is 13.5. The fourth-order valence-corrected chi connectivity index (χ4v) is 2.26. The normalized spacial score (nSPS) is 11.0. The van der Waals surface area contributed by atoms with Crippen LogP contribution in [0.3, 0.4) is 0 Å². The van der Waals surface area contributed by atoms with E-state index in [1.165, 1.54) is 19.1 Å². The summed E-state index contributed by atoms with van der Waals surface area (Å²) in [5.41, 5.74) is -0.605. The molecule has 0 fully saturated rings. The summed E-state index contributed by atoms with van der Waals surface area (Å²) < 4.78 is 43.7. The molecule has 0 atom stereocenters. The van der Waals surface area contributed by atoms with E-state index in [0.717, 1.165) is 12.1 Å². The lowest BCUT2D eigenvalue weighted by atomic mass is 10.2. The molecular formula is C17H14ClF3N2O3. The molecular weight excluding hydrogens is 373 g/mol. The van der Waals surface area contributed by atoms with Crippen molar-refractivity contribution in [2.24, 2.45) is 0 Å². The van der Waals surface area contributed by atoms with Gasteiger partial charge in [0.1, 0.15) is 5.75 Å². The maximum absolute atomic E-state index is 12.8. The highest BCUT2D eigenvalue weighted by atomic mass is 35.5. The Labute approximate surface area is 152 Å². The first-order chi connectivity index (χ1) is 12.1. The van der Waals surface area contributed by atoms with Crippen LogP contribution in [0.2, 0.25) is 5.02 Å². The van der Waals surface area contributed by atoms with Gasteiger partial charge in [0.25, 0.3) is 5.91 Å². The van der Waals surface area contributed by atoms with Crippen molar-refractivity contribution >= 4 is 34.8 Å². The Morgan fingerprint density at radius 2 is 1.77 bits per heavy atom. The minimum atomic E-state index is -4.63. The van der Waals surface area contributed by atoms with Gasteiger partial charge in [-0.05, 0) is 30.3 Å². The topological polar surface area (TPSA) is 67.4 Å². The number of amides is 2. The van der Waals surface area contributed by atoms with E-state index in [2.05, 4.69) is 10.6 Å². The van der Waals surface area contributed by atoms with E-state index in [1.807, 2.05) is 0 Å². The van der Waals surface area contributed by atoms with Gasteiger partial charge in [-0.3, -0.25) is 9.59 Å². The number of hydrogen-bond donors (Lipinski definition) is 2. The zero-order chi connectivity index (χ0) is 19.3. The largest absolute Gasteiger partial charge is 0.484 e. The molecule has 0 heterocycles. The lowest BCUT2D eigenvalue weighted by molar-refractivity contribution is -0.137. The molecule has 5 nitrogen and oxygen atoms in total. The molecule has 0 radical (unpaired) electrons. The SMILES string of the molecule is CC(=O)Nc1cccc(OCC(=O)Nc2ccc(Cl)c(C(F)(F)F)c2)c1. The summed E-state index contributed by atoms with van der Waals surface area (Å²) in [6.07, 6.45) is -4.63. The minimum absolute atomic E-state index is 0.0534. The van der Waals surface area contributed by atoms with E-state index >= 15 is 0 Å². The fourth-order valence-electron chi connectivity index (χ4n) is 2.03. The van der Waals surface area contributed by atoms with Crippen LogP contribution in [0.1, 0.15) is 12.5 Å². The van der Waals surface area contributed by atoms with Gasteiger partial charge in [-0.15, -0.1) is 0 Å². The van der Waals surface area contributed by atoms with Gasteiger partial charge in [-0.1, -0.05) is 17.7 Å². The molecule has 2 amide bonds. The van der Waals surface area contributed by atoms with Crippen molar-refractivity contribution < 1.29 is 27.5 Å². The van der Waals surface area contributed by atoms with E-state index in [0.29, 0.717) is 11.4 Å². The third kappa shape index (κ3) is 5.66. The summed E-state index contributed by atoms with van der Waals surface area (Å²) >= 11 is 5.52. The van der Waals surface area contributed by atoms with Gasteiger partial charge in [0.15, 0.2) is 6.61 Å². The average Bonchev–Trinajstić information content (AvgIpc) is 2.53. The van der Waals surface area contributed by atoms with Crippen molar-refractivity contribution in [1.82, 2.24) is 0 Å². The number of benzene rings is 2. The van der Waals surface area contributed by atoms with E-state index in [9.17, 15) is 22.8 Å². The number of anilines is 2. The van der Waals surface area contributed by atoms with Crippen molar-refractivity contribution in [3.8, 4) is 5.75 Å². The number of hydrogen-bond acceptors (Lipinski definition) is 3. The van der Waals surface area contributed by atoms with Gasteiger partial charge < -0.3 is 15.4 Å². The molecule has 2 aromatic rings. The number of ether oxygens (including phenoxy) is 1. The smallest absolute Gasteiger partial charge is 0.417 e. The Bertz CT molecular complexity index is 825. The second kappa shape index (κ2) is 8.09. The molecule has 0 saturated heterocycles. The molecule has 0 aliphatic heterocycles. The second-order valence-electron chi connectivity index (χ2n) is 5.24. The van der Waals surface area contributed by atoms with E-state index in [1.54, 1.807) is 18.2 Å². The quantitative estimate of drug-likeness (QED) is 0.803. The Kier molecular flexibility index (Phi) is 6.10. The van der Waals surface area contributed by atoms with Crippen molar-refractivity contribution in [2.45, 2.75) is 13.1 Å². The number of carbonyl (C=O) groups excluding carboxylic acids is 2. The van der Waals surface area contributed by atoms with Crippen molar-refractivity contribution in [3.63, 3.8) is 0 Å². The van der Waals surface area contributed by atoms with Crippen LogP contribution in [0.15, 0.2) is 42.5 Å². The monoisotopic (exact) mass is 386 g/mol. The van der Waals surface area contributed by atoms with E-state index < -0.39 is 29.3 Å². The van der Waals surface area contributed by atoms with Gasteiger partial charge in [0.2, 0.25) is 5.91 Å². The predicted molar refractivity (Wildman–Crippen MR) is 91.3 cm³/mol. The summed E-state index contributed by atoms with van der Waals surface area (Å²) in [7, 11) is 0. The van der Waals surface area contributed by atoms with Crippen LogP contribution in [0.4, 0.5) is 24.5 Å². The standard InChI is InChI=1S/C17H14ClF3N2O3/c1-10(24)22-11-3-2-4-13(7-11)26-9-16(25)23-12-5-6-15(18)14(8-12)17(19,20)21/h2-8H,9H2,1H3,(H,22,24)(H,23,25). The number of alkyl halides is 3.